The summed E-state index contributed by atoms with van der Waals surface area (Å²) in [5.41, 5.74) is 0.388. The van der Waals surface area contributed by atoms with E-state index in [0.29, 0.717) is 5.69 Å². The van der Waals surface area contributed by atoms with Crippen LogP contribution in [-0.4, -0.2) is 36.1 Å². The first kappa shape index (κ1) is 13.4. The summed E-state index contributed by atoms with van der Waals surface area (Å²) in [5, 5.41) is 4.20. The Hall–Kier alpha value is -1.07. The molecule has 0 aromatic carbocycles. The van der Waals surface area contributed by atoms with Crippen molar-refractivity contribution in [2.24, 2.45) is 7.05 Å². The highest BCUT2D eigenvalue weighted by Gasteiger charge is 2.18. The van der Waals surface area contributed by atoms with Crippen molar-refractivity contribution in [3.63, 3.8) is 0 Å². The zero-order chi connectivity index (χ0) is 13.1. The molecule has 2 rings (SSSR count). The van der Waals surface area contributed by atoms with E-state index in [-0.39, 0.29) is 16.7 Å². The third-order valence-electron chi connectivity index (χ3n) is 3.22. The van der Waals surface area contributed by atoms with E-state index in [0.717, 1.165) is 26.0 Å². The predicted octanol–water partition coefficient (Wildman–Crippen LogP) is 1.44. The first-order chi connectivity index (χ1) is 8.59. The number of likely N-dealkylation sites (N-methyl/N-ethyl adjacent to an activating group) is 1. The normalized spacial score (nSPS) is 19.8. The molecule has 1 aromatic heterocycles. The highest BCUT2D eigenvalue weighted by molar-refractivity contribution is 6.33. The number of hydrogen-bond donors (Lipinski definition) is 0. The van der Waals surface area contributed by atoms with E-state index in [1.54, 1.807) is 13.2 Å². The van der Waals surface area contributed by atoms with Gasteiger partial charge in [-0.25, -0.2) is 4.68 Å². The second-order valence-electron chi connectivity index (χ2n) is 4.64. The van der Waals surface area contributed by atoms with Gasteiger partial charge in [-0.3, -0.25) is 4.79 Å². The maximum atomic E-state index is 11.7. The third-order valence-corrected chi connectivity index (χ3v) is 3.58. The number of halogens is 1. The monoisotopic (exact) mass is 271 g/mol. The van der Waals surface area contributed by atoms with E-state index in [9.17, 15) is 4.79 Å². The van der Waals surface area contributed by atoms with Crippen molar-refractivity contribution < 1.29 is 4.74 Å². The van der Waals surface area contributed by atoms with Gasteiger partial charge in [0.25, 0.3) is 5.56 Å². The average molecular weight is 272 g/mol. The average Bonchev–Trinajstić information content (AvgIpc) is 2.37. The summed E-state index contributed by atoms with van der Waals surface area (Å²) < 4.78 is 6.91. The molecule has 6 heteroatoms. The smallest absolute Gasteiger partial charge is 0.287 e. The van der Waals surface area contributed by atoms with E-state index < -0.39 is 0 Å². The third kappa shape index (κ3) is 2.84. The Bertz CT molecular complexity index is 469. The second kappa shape index (κ2) is 5.71. The van der Waals surface area contributed by atoms with Crippen LogP contribution in [0.4, 0.5) is 5.69 Å². The molecule has 0 aliphatic carbocycles. The maximum Gasteiger partial charge on any atom is 0.287 e. The van der Waals surface area contributed by atoms with Gasteiger partial charge in [0.2, 0.25) is 0 Å². The van der Waals surface area contributed by atoms with Crippen LogP contribution in [0.25, 0.3) is 0 Å². The fourth-order valence-electron chi connectivity index (χ4n) is 2.12. The van der Waals surface area contributed by atoms with Crippen LogP contribution in [0.1, 0.15) is 19.3 Å². The Kier molecular flexibility index (Phi) is 4.24. The molecule has 0 amide bonds. The van der Waals surface area contributed by atoms with Crippen LogP contribution in [0, 0.1) is 0 Å². The van der Waals surface area contributed by atoms with Gasteiger partial charge in [-0.05, 0) is 19.3 Å². The van der Waals surface area contributed by atoms with Gasteiger partial charge in [0.1, 0.15) is 5.02 Å². The Labute approximate surface area is 111 Å². The summed E-state index contributed by atoms with van der Waals surface area (Å²) in [4.78, 5) is 13.6. The lowest BCUT2D eigenvalue weighted by Crippen LogP contribution is -2.34. The number of aryl methyl sites for hydroxylation is 1. The number of rotatable bonds is 3. The zero-order valence-electron chi connectivity index (χ0n) is 10.7. The maximum absolute atomic E-state index is 11.7. The lowest BCUT2D eigenvalue weighted by Gasteiger charge is -2.28. The van der Waals surface area contributed by atoms with Crippen molar-refractivity contribution in [2.75, 3.05) is 25.1 Å². The SMILES string of the molecule is CN(CC1CCCCO1)c1cnn(C)c(=O)c1Cl. The standard InChI is InChI=1S/C12H18ClN3O2/c1-15(8-9-5-3-4-6-18-9)10-7-14-16(2)12(17)11(10)13/h7,9H,3-6,8H2,1-2H3. The summed E-state index contributed by atoms with van der Waals surface area (Å²) in [6.45, 7) is 1.55. The van der Waals surface area contributed by atoms with Crippen LogP contribution < -0.4 is 10.5 Å². The van der Waals surface area contributed by atoms with Crippen LogP contribution in [0.2, 0.25) is 5.02 Å². The van der Waals surface area contributed by atoms with Gasteiger partial charge in [0.15, 0.2) is 0 Å². The van der Waals surface area contributed by atoms with Crippen LogP contribution in [0.5, 0.6) is 0 Å². The topological polar surface area (TPSA) is 47.4 Å². The number of hydrogen-bond acceptors (Lipinski definition) is 4. The molecule has 0 N–H and O–H groups in total. The van der Waals surface area contributed by atoms with E-state index in [1.807, 2.05) is 11.9 Å². The summed E-state index contributed by atoms with van der Waals surface area (Å²) in [5.74, 6) is 0. The van der Waals surface area contributed by atoms with Crippen LogP contribution in [-0.2, 0) is 11.8 Å². The molecule has 1 fully saturated rings. The van der Waals surface area contributed by atoms with Crippen molar-refractivity contribution in [3.8, 4) is 0 Å². The first-order valence-corrected chi connectivity index (χ1v) is 6.52. The minimum Gasteiger partial charge on any atom is -0.376 e. The summed E-state index contributed by atoms with van der Waals surface area (Å²) >= 11 is 6.06. The van der Waals surface area contributed by atoms with Crippen molar-refractivity contribution in [3.05, 3.63) is 21.6 Å². The molecule has 0 saturated carbocycles. The quantitative estimate of drug-likeness (QED) is 0.835. The van der Waals surface area contributed by atoms with Gasteiger partial charge in [-0.15, -0.1) is 0 Å². The molecule has 1 aliphatic heterocycles. The van der Waals surface area contributed by atoms with Gasteiger partial charge >= 0.3 is 0 Å². The minimum absolute atomic E-state index is 0.212. The van der Waals surface area contributed by atoms with Crippen molar-refractivity contribution in [1.29, 1.82) is 0 Å². The Morgan fingerprint density at radius 2 is 2.39 bits per heavy atom. The van der Waals surface area contributed by atoms with Gasteiger partial charge in [0, 0.05) is 27.2 Å². The summed E-state index contributed by atoms with van der Waals surface area (Å²) in [6.07, 6.45) is 5.21. The lowest BCUT2D eigenvalue weighted by molar-refractivity contribution is 0.0216. The summed E-state index contributed by atoms with van der Waals surface area (Å²) in [6, 6.07) is 0. The number of nitrogens with zero attached hydrogens (tertiary/aromatic N) is 3. The van der Waals surface area contributed by atoms with Crippen molar-refractivity contribution >= 4 is 17.3 Å². The fraction of sp³-hybridized carbons (Fsp3) is 0.667. The number of ether oxygens (including phenoxy) is 1. The molecular formula is C12H18ClN3O2. The molecule has 2 heterocycles. The highest BCUT2D eigenvalue weighted by Crippen LogP contribution is 2.21. The van der Waals surface area contributed by atoms with E-state index in [1.165, 1.54) is 11.1 Å². The molecule has 1 unspecified atom stereocenters. The molecular weight excluding hydrogens is 254 g/mol. The largest absolute Gasteiger partial charge is 0.376 e. The van der Waals surface area contributed by atoms with E-state index >= 15 is 0 Å². The number of aromatic nitrogens is 2. The fourth-order valence-corrected chi connectivity index (χ4v) is 2.44. The molecule has 100 valence electrons. The molecule has 0 radical (unpaired) electrons. The van der Waals surface area contributed by atoms with Crippen LogP contribution in [0.3, 0.4) is 0 Å². The van der Waals surface area contributed by atoms with Crippen molar-refractivity contribution in [2.45, 2.75) is 25.4 Å². The molecule has 0 bridgehead atoms. The first-order valence-electron chi connectivity index (χ1n) is 6.14. The Balaban J connectivity index is 2.11. The van der Waals surface area contributed by atoms with Gasteiger partial charge in [0.05, 0.1) is 18.0 Å². The highest BCUT2D eigenvalue weighted by atomic mass is 35.5. The predicted molar refractivity (Wildman–Crippen MR) is 71.3 cm³/mol. The van der Waals surface area contributed by atoms with Crippen LogP contribution in [0.15, 0.2) is 11.0 Å². The lowest BCUT2D eigenvalue weighted by atomic mass is 10.1. The molecule has 1 saturated heterocycles. The molecule has 1 aliphatic rings. The Morgan fingerprint density at radius 3 is 3.06 bits per heavy atom. The zero-order valence-corrected chi connectivity index (χ0v) is 11.5. The molecule has 5 nitrogen and oxygen atoms in total. The summed E-state index contributed by atoms with van der Waals surface area (Å²) in [7, 11) is 3.49. The van der Waals surface area contributed by atoms with Gasteiger partial charge in [-0.2, -0.15) is 5.10 Å². The molecule has 0 spiro atoms. The van der Waals surface area contributed by atoms with E-state index in [4.69, 9.17) is 16.3 Å². The number of anilines is 1. The van der Waals surface area contributed by atoms with Crippen molar-refractivity contribution in [1.82, 2.24) is 9.78 Å². The van der Waals surface area contributed by atoms with E-state index in [2.05, 4.69) is 5.10 Å². The molecule has 1 aromatic rings. The molecule has 1 atom stereocenters. The van der Waals surface area contributed by atoms with Crippen LogP contribution >= 0.6 is 11.6 Å². The Morgan fingerprint density at radius 1 is 1.61 bits per heavy atom. The van der Waals surface area contributed by atoms with Gasteiger partial charge in [-0.1, -0.05) is 11.6 Å². The molecule has 18 heavy (non-hydrogen) atoms. The second-order valence-corrected chi connectivity index (χ2v) is 5.02. The minimum atomic E-state index is -0.273. The van der Waals surface area contributed by atoms with Gasteiger partial charge < -0.3 is 9.64 Å².